The van der Waals surface area contributed by atoms with Crippen molar-refractivity contribution in [2.45, 2.75) is 32.2 Å². The Kier molecular flexibility index (Phi) is 2.82. The molecule has 0 atom stereocenters. The van der Waals surface area contributed by atoms with Crippen LogP contribution < -0.4 is 10.6 Å². The van der Waals surface area contributed by atoms with E-state index in [4.69, 9.17) is 5.73 Å². The zero-order valence-corrected chi connectivity index (χ0v) is 10.8. The van der Waals surface area contributed by atoms with Crippen molar-refractivity contribution in [1.29, 1.82) is 0 Å². The summed E-state index contributed by atoms with van der Waals surface area (Å²) in [6, 6.07) is 6.89. The predicted octanol–water partition coefficient (Wildman–Crippen LogP) is 3.20. The summed E-state index contributed by atoms with van der Waals surface area (Å²) in [5.41, 5.74) is 8.17. The lowest BCUT2D eigenvalue weighted by Crippen LogP contribution is -2.26. The number of hydrogen-bond acceptors (Lipinski definition) is 3. The van der Waals surface area contributed by atoms with Gasteiger partial charge in [-0.05, 0) is 37.5 Å². The molecule has 0 unspecified atom stereocenters. The van der Waals surface area contributed by atoms with Crippen LogP contribution in [-0.4, -0.2) is 17.6 Å². The fourth-order valence-electron chi connectivity index (χ4n) is 2.58. The highest BCUT2D eigenvalue weighted by molar-refractivity contribution is 6.01. The Bertz CT molecular complexity index is 561. The summed E-state index contributed by atoms with van der Waals surface area (Å²) in [6.45, 7) is 3.34. The van der Waals surface area contributed by atoms with Crippen LogP contribution in [0.3, 0.4) is 0 Å². The van der Waals surface area contributed by atoms with E-state index in [-0.39, 0.29) is 0 Å². The van der Waals surface area contributed by atoms with Gasteiger partial charge in [-0.2, -0.15) is 0 Å². The molecule has 1 saturated carbocycles. The number of aromatic nitrogens is 1. The first-order valence-electron chi connectivity index (χ1n) is 6.70. The number of benzene rings is 1. The molecule has 1 aliphatic carbocycles. The van der Waals surface area contributed by atoms with E-state index in [0.717, 1.165) is 23.7 Å². The summed E-state index contributed by atoms with van der Waals surface area (Å²) in [6.07, 6.45) is 7.54. The van der Waals surface area contributed by atoms with Crippen molar-refractivity contribution in [1.82, 2.24) is 4.98 Å². The highest BCUT2D eigenvalue weighted by Gasteiger charge is 2.29. The minimum absolute atomic E-state index is 0.719. The molecule has 0 amide bonds. The number of nitrogens with two attached hydrogens (primary N) is 1. The quantitative estimate of drug-likeness (QED) is 0.836. The van der Waals surface area contributed by atoms with Gasteiger partial charge in [0.25, 0.3) is 0 Å². The van der Waals surface area contributed by atoms with Crippen LogP contribution in [0.5, 0.6) is 0 Å². The lowest BCUT2D eigenvalue weighted by Gasteiger charge is -2.26. The molecule has 3 rings (SSSR count). The molecule has 0 aliphatic heterocycles. The fraction of sp³-hybridized carbons (Fsp3) is 0.400. The molecular formula is C15H19N3. The van der Waals surface area contributed by atoms with Crippen molar-refractivity contribution in [3.8, 4) is 0 Å². The Hall–Kier alpha value is -1.77. The van der Waals surface area contributed by atoms with Crippen molar-refractivity contribution >= 4 is 22.1 Å². The molecule has 1 aromatic heterocycles. The molecule has 1 fully saturated rings. The van der Waals surface area contributed by atoms with Crippen molar-refractivity contribution in [3.05, 3.63) is 30.6 Å². The molecule has 2 N–H and O–H groups in total. The largest absolute Gasteiger partial charge is 0.398 e. The summed E-state index contributed by atoms with van der Waals surface area (Å²) in [4.78, 5) is 6.77. The van der Waals surface area contributed by atoms with Gasteiger partial charge in [0.05, 0.1) is 0 Å². The van der Waals surface area contributed by atoms with E-state index in [1.165, 1.54) is 30.3 Å². The third kappa shape index (κ3) is 1.90. The number of nitrogen functional groups attached to an aromatic ring is 1. The number of pyridine rings is 1. The molecular weight excluding hydrogens is 222 g/mol. The topological polar surface area (TPSA) is 42.1 Å². The van der Waals surface area contributed by atoms with Gasteiger partial charge in [-0.3, -0.25) is 4.98 Å². The molecule has 1 aliphatic rings. The first-order valence-corrected chi connectivity index (χ1v) is 6.70. The van der Waals surface area contributed by atoms with Crippen molar-refractivity contribution in [2.24, 2.45) is 0 Å². The van der Waals surface area contributed by atoms with E-state index in [0.29, 0.717) is 0 Å². The van der Waals surface area contributed by atoms with E-state index in [9.17, 15) is 0 Å². The monoisotopic (exact) mass is 241 g/mol. The molecule has 18 heavy (non-hydrogen) atoms. The van der Waals surface area contributed by atoms with Crippen molar-refractivity contribution < 1.29 is 0 Å². The Morgan fingerprint density at radius 2 is 2.11 bits per heavy atom. The summed E-state index contributed by atoms with van der Waals surface area (Å²) in [7, 11) is 0. The van der Waals surface area contributed by atoms with E-state index in [2.05, 4.69) is 22.9 Å². The van der Waals surface area contributed by atoms with Gasteiger partial charge in [0.1, 0.15) is 0 Å². The second-order valence-corrected chi connectivity index (χ2v) is 5.02. The van der Waals surface area contributed by atoms with Gasteiger partial charge < -0.3 is 10.6 Å². The molecule has 1 aromatic carbocycles. The predicted molar refractivity (Wildman–Crippen MR) is 76.8 cm³/mol. The number of nitrogens with zero attached hydrogens (tertiary/aromatic N) is 2. The molecule has 3 nitrogen and oxygen atoms in total. The molecule has 94 valence electrons. The molecule has 3 heteroatoms. The molecule has 0 spiro atoms. The SMILES string of the molecule is CCCN(c1ccc(N)c2ccncc12)C1CC1. The zero-order chi connectivity index (χ0) is 12.5. The van der Waals surface area contributed by atoms with Crippen molar-refractivity contribution in [2.75, 3.05) is 17.2 Å². The maximum atomic E-state index is 6.04. The number of fused-ring (bicyclic) bond motifs is 1. The standard InChI is InChI=1S/C15H19N3/c1-2-9-18(11-3-4-11)15-6-5-14(16)12-7-8-17-10-13(12)15/h5-8,10-11H,2-4,9,16H2,1H3. The summed E-state index contributed by atoms with van der Waals surface area (Å²) in [5, 5.41) is 2.29. The zero-order valence-electron chi connectivity index (χ0n) is 10.8. The molecule has 0 saturated heterocycles. The maximum absolute atomic E-state index is 6.04. The average molecular weight is 241 g/mol. The van der Waals surface area contributed by atoms with Gasteiger partial charge >= 0.3 is 0 Å². The Morgan fingerprint density at radius 3 is 2.83 bits per heavy atom. The molecule has 0 bridgehead atoms. The third-order valence-corrected chi connectivity index (χ3v) is 3.59. The number of anilines is 2. The fourth-order valence-corrected chi connectivity index (χ4v) is 2.58. The lowest BCUT2D eigenvalue weighted by molar-refractivity contribution is 0.766. The minimum atomic E-state index is 0.719. The highest BCUT2D eigenvalue weighted by Crippen LogP contribution is 2.37. The van der Waals surface area contributed by atoms with E-state index >= 15 is 0 Å². The Balaban J connectivity index is 2.12. The van der Waals surface area contributed by atoms with Crippen molar-refractivity contribution in [3.63, 3.8) is 0 Å². The average Bonchev–Trinajstić information content (AvgIpc) is 3.22. The summed E-state index contributed by atoms with van der Waals surface area (Å²) < 4.78 is 0. The molecule has 0 radical (unpaired) electrons. The van der Waals surface area contributed by atoms with Crippen LogP contribution in [0, 0.1) is 0 Å². The lowest BCUT2D eigenvalue weighted by atomic mass is 10.1. The number of hydrogen-bond donors (Lipinski definition) is 1. The van der Waals surface area contributed by atoms with E-state index < -0.39 is 0 Å². The van der Waals surface area contributed by atoms with Gasteiger partial charge in [0.15, 0.2) is 0 Å². The van der Waals surface area contributed by atoms with Gasteiger partial charge in [-0.25, -0.2) is 0 Å². The van der Waals surface area contributed by atoms with E-state index in [1.54, 1.807) is 0 Å². The van der Waals surface area contributed by atoms with Gasteiger partial charge in [0.2, 0.25) is 0 Å². The van der Waals surface area contributed by atoms with E-state index in [1.807, 2.05) is 24.5 Å². The van der Waals surface area contributed by atoms with Gasteiger partial charge in [-0.1, -0.05) is 6.92 Å². The Labute approximate surface area is 108 Å². The van der Waals surface area contributed by atoms with Gasteiger partial charge in [-0.15, -0.1) is 0 Å². The molecule has 2 aromatic rings. The minimum Gasteiger partial charge on any atom is -0.398 e. The first kappa shape index (κ1) is 11.3. The normalized spacial score (nSPS) is 14.9. The second-order valence-electron chi connectivity index (χ2n) is 5.02. The number of rotatable bonds is 4. The third-order valence-electron chi connectivity index (χ3n) is 3.59. The second kappa shape index (κ2) is 4.48. The smallest absolute Gasteiger partial charge is 0.0465 e. The van der Waals surface area contributed by atoms with Gasteiger partial charge in [0, 0.05) is 47.1 Å². The summed E-state index contributed by atoms with van der Waals surface area (Å²) in [5.74, 6) is 0. The highest BCUT2D eigenvalue weighted by atomic mass is 15.2. The van der Waals surface area contributed by atoms with Crippen LogP contribution in [0.25, 0.3) is 10.8 Å². The van der Waals surface area contributed by atoms with Crippen LogP contribution in [0.15, 0.2) is 30.6 Å². The molecule has 1 heterocycles. The first-order chi connectivity index (χ1) is 8.81. The Morgan fingerprint density at radius 1 is 1.28 bits per heavy atom. The van der Waals surface area contributed by atoms with Crippen LogP contribution in [0.2, 0.25) is 0 Å². The van der Waals surface area contributed by atoms with Crippen LogP contribution in [0.4, 0.5) is 11.4 Å². The summed E-state index contributed by atoms with van der Waals surface area (Å²) >= 11 is 0. The van der Waals surface area contributed by atoms with Crippen LogP contribution in [-0.2, 0) is 0 Å². The maximum Gasteiger partial charge on any atom is 0.0465 e. The van der Waals surface area contributed by atoms with Crippen LogP contribution in [0.1, 0.15) is 26.2 Å². The van der Waals surface area contributed by atoms with Crippen LogP contribution >= 0.6 is 0 Å².